The van der Waals surface area contributed by atoms with Crippen molar-refractivity contribution in [3.05, 3.63) is 58.4 Å². The minimum Gasteiger partial charge on any atom is -0.402 e. The molecule has 0 unspecified atom stereocenters. The Hall–Kier alpha value is -2.30. The Kier molecular flexibility index (Phi) is 6.37. The molecule has 0 aromatic heterocycles. The molecule has 1 saturated heterocycles. The quantitative estimate of drug-likeness (QED) is 0.566. The molecule has 1 rings (SSSR count). The summed E-state index contributed by atoms with van der Waals surface area (Å²) in [6, 6.07) is 0.297. The van der Waals surface area contributed by atoms with Crippen molar-refractivity contribution in [3.63, 3.8) is 0 Å². The number of rotatable bonds is 6. The van der Waals surface area contributed by atoms with Crippen LogP contribution in [0.3, 0.4) is 0 Å². The highest BCUT2D eigenvalue weighted by Crippen LogP contribution is 2.29. The summed E-state index contributed by atoms with van der Waals surface area (Å²) in [6.45, 7) is 17.0. The van der Waals surface area contributed by atoms with Crippen LogP contribution in [-0.4, -0.2) is 17.6 Å². The number of allylic oxidation sites excluding steroid dienone is 5. The topological polar surface area (TPSA) is 79.3 Å². The fraction of sp³-hybridized carbons (Fsp3) is 0.444. The maximum absolute atomic E-state index is 6.11. The molecule has 1 aliphatic rings. The Bertz CT molecular complexity index is 587. The van der Waals surface area contributed by atoms with Gasteiger partial charge in [0.15, 0.2) is 0 Å². The van der Waals surface area contributed by atoms with Gasteiger partial charge in [0, 0.05) is 22.9 Å². The zero-order valence-electron chi connectivity index (χ0n) is 15.2. The van der Waals surface area contributed by atoms with Gasteiger partial charge in [0.25, 0.3) is 0 Å². The fourth-order valence-electron chi connectivity index (χ4n) is 2.38. The Morgan fingerprint density at radius 3 is 2.30 bits per heavy atom. The maximum atomic E-state index is 6.11. The molecule has 0 saturated carbocycles. The molecule has 0 aromatic rings. The molecule has 0 aromatic carbocycles. The van der Waals surface area contributed by atoms with Crippen LogP contribution in [0.2, 0.25) is 0 Å². The molecular weight excluding hydrogens is 286 g/mol. The SMILES string of the molecule is C=C1/C(=C(C)\C=C(\C)N)CN1NC(=C/C)/C(C)=C(\N)NC(C)C. The van der Waals surface area contributed by atoms with Crippen molar-refractivity contribution in [2.45, 2.75) is 47.6 Å². The van der Waals surface area contributed by atoms with Gasteiger partial charge in [-0.05, 0) is 53.2 Å². The monoisotopic (exact) mass is 317 g/mol. The van der Waals surface area contributed by atoms with Crippen LogP contribution in [0.15, 0.2) is 58.4 Å². The molecule has 0 bridgehead atoms. The van der Waals surface area contributed by atoms with Crippen molar-refractivity contribution in [2.24, 2.45) is 11.5 Å². The van der Waals surface area contributed by atoms with Gasteiger partial charge < -0.3 is 16.8 Å². The summed E-state index contributed by atoms with van der Waals surface area (Å²) in [6.07, 6.45) is 3.99. The second-order valence-corrected chi connectivity index (χ2v) is 6.23. The summed E-state index contributed by atoms with van der Waals surface area (Å²) in [5.41, 5.74) is 21.3. The van der Waals surface area contributed by atoms with Gasteiger partial charge >= 0.3 is 0 Å². The van der Waals surface area contributed by atoms with E-state index in [1.807, 2.05) is 37.9 Å². The predicted octanol–water partition coefficient (Wildman–Crippen LogP) is 2.59. The lowest BCUT2D eigenvalue weighted by molar-refractivity contribution is 0.252. The fourth-order valence-corrected chi connectivity index (χ4v) is 2.38. The van der Waals surface area contributed by atoms with Gasteiger partial charge in [-0.3, -0.25) is 10.4 Å². The lowest BCUT2D eigenvalue weighted by atomic mass is 9.99. The highest BCUT2D eigenvalue weighted by Gasteiger charge is 2.26. The molecule has 23 heavy (non-hydrogen) atoms. The van der Waals surface area contributed by atoms with Crippen LogP contribution in [-0.2, 0) is 0 Å². The minimum atomic E-state index is 0.297. The van der Waals surface area contributed by atoms with E-state index >= 15 is 0 Å². The number of nitrogens with zero attached hydrogens (tertiary/aromatic N) is 1. The van der Waals surface area contributed by atoms with E-state index in [1.54, 1.807) is 0 Å². The van der Waals surface area contributed by atoms with Gasteiger partial charge in [-0.25, -0.2) is 0 Å². The second-order valence-electron chi connectivity index (χ2n) is 6.23. The van der Waals surface area contributed by atoms with Crippen molar-refractivity contribution in [3.8, 4) is 0 Å². The molecule has 0 atom stereocenters. The van der Waals surface area contributed by atoms with Crippen molar-refractivity contribution in [2.75, 3.05) is 6.54 Å². The smallest absolute Gasteiger partial charge is 0.101 e. The molecule has 1 aliphatic heterocycles. The van der Waals surface area contributed by atoms with E-state index in [0.29, 0.717) is 11.9 Å². The Labute approximate surface area is 140 Å². The first-order chi connectivity index (χ1) is 10.7. The largest absolute Gasteiger partial charge is 0.402 e. The van der Waals surface area contributed by atoms with Gasteiger partial charge in [-0.15, -0.1) is 0 Å². The van der Waals surface area contributed by atoms with Crippen molar-refractivity contribution in [1.82, 2.24) is 15.8 Å². The van der Waals surface area contributed by atoms with E-state index in [-0.39, 0.29) is 0 Å². The third kappa shape index (κ3) is 4.84. The summed E-state index contributed by atoms with van der Waals surface area (Å²) >= 11 is 0. The van der Waals surface area contributed by atoms with Crippen LogP contribution in [0, 0.1) is 0 Å². The highest BCUT2D eigenvalue weighted by molar-refractivity contribution is 5.46. The van der Waals surface area contributed by atoms with E-state index in [1.165, 1.54) is 5.57 Å². The number of hydrazine groups is 1. The molecule has 0 radical (unpaired) electrons. The first-order valence-electron chi connectivity index (χ1n) is 7.93. The van der Waals surface area contributed by atoms with Gasteiger partial charge in [-0.1, -0.05) is 12.7 Å². The van der Waals surface area contributed by atoms with Gasteiger partial charge in [0.1, 0.15) is 5.82 Å². The predicted molar refractivity (Wildman–Crippen MR) is 98.5 cm³/mol. The molecule has 128 valence electrons. The third-order valence-corrected chi connectivity index (χ3v) is 3.71. The minimum absolute atomic E-state index is 0.297. The van der Waals surface area contributed by atoms with Crippen molar-refractivity contribution < 1.29 is 0 Å². The van der Waals surface area contributed by atoms with Gasteiger partial charge in [0.05, 0.1) is 17.9 Å². The molecule has 1 heterocycles. The zero-order chi connectivity index (χ0) is 17.7. The summed E-state index contributed by atoms with van der Waals surface area (Å²) in [5.74, 6) is 0.681. The van der Waals surface area contributed by atoms with Crippen LogP contribution < -0.4 is 22.2 Å². The second kappa shape index (κ2) is 7.81. The van der Waals surface area contributed by atoms with Gasteiger partial charge in [0.2, 0.25) is 0 Å². The summed E-state index contributed by atoms with van der Waals surface area (Å²) in [4.78, 5) is 0. The highest BCUT2D eigenvalue weighted by atomic mass is 15.5. The Morgan fingerprint density at radius 2 is 1.87 bits per heavy atom. The molecule has 5 heteroatoms. The van der Waals surface area contributed by atoms with Crippen LogP contribution in [0.1, 0.15) is 41.5 Å². The number of nitrogens with two attached hydrogens (primary N) is 2. The molecule has 6 N–H and O–H groups in total. The third-order valence-electron chi connectivity index (χ3n) is 3.71. The molecule has 5 nitrogen and oxygen atoms in total. The van der Waals surface area contributed by atoms with Crippen molar-refractivity contribution >= 4 is 0 Å². The standard InChI is InChI=1S/C18H31N5/c1-8-17(14(6)18(20)21-11(2)3)22-23-10-16(15(23)7)12(4)9-13(5)19/h8-9,11,21-22H,7,10,19-20H2,1-6H3/b13-9-,16-12-,17-8+,18-14+. The molecule has 0 spiro atoms. The Morgan fingerprint density at radius 1 is 1.26 bits per heavy atom. The number of hydrogen-bond acceptors (Lipinski definition) is 5. The normalized spacial score (nSPS) is 19.4. The summed E-state index contributed by atoms with van der Waals surface area (Å²) in [5, 5.41) is 5.24. The first kappa shape index (κ1) is 18.7. The van der Waals surface area contributed by atoms with Crippen LogP contribution in [0.5, 0.6) is 0 Å². The van der Waals surface area contributed by atoms with E-state index in [0.717, 1.165) is 34.8 Å². The molecule has 0 amide bonds. The van der Waals surface area contributed by atoms with E-state index < -0.39 is 0 Å². The Balaban J connectivity index is 2.82. The summed E-state index contributed by atoms with van der Waals surface area (Å²) < 4.78 is 0. The molecular formula is C18H31N5. The van der Waals surface area contributed by atoms with Crippen LogP contribution >= 0.6 is 0 Å². The number of hydrogen-bond donors (Lipinski definition) is 4. The van der Waals surface area contributed by atoms with Crippen molar-refractivity contribution in [1.29, 1.82) is 0 Å². The van der Waals surface area contributed by atoms with Crippen LogP contribution in [0.25, 0.3) is 0 Å². The zero-order valence-corrected chi connectivity index (χ0v) is 15.2. The first-order valence-corrected chi connectivity index (χ1v) is 7.93. The molecule has 0 aliphatic carbocycles. The average Bonchev–Trinajstić information content (AvgIpc) is 2.43. The maximum Gasteiger partial charge on any atom is 0.101 e. The van der Waals surface area contributed by atoms with Gasteiger partial charge in [-0.2, -0.15) is 0 Å². The lowest BCUT2D eigenvalue weighted by Gasteiger charge is -2.40. The van der Waals surface area contributed by atoms with E-state index in [9.17, 15) is 0 Å². The average molecular weight is 317 g/mol. The van der Waals surface area contributed by atoms with E-state index in [4.69, 9.17) is 11.5 Å². The molecule has 1 fully saturated rings. The summed E-state index contributed by atoms with van der Waals surface area (Å²) in [7, 11) is 0. The lowest BCUT2D eigenvalue weighted by Crippen LogP contribution is -2.47. The van der Waals surface area contributed by atoms with E-state index in [2.05, 4.69) is 38.1 Å². The van der Waals surface area contributed by atoms with Crippen LogP contribution in [0.4, 0.5) is 0 Å². The number of nitrogens with one attached hydrogen (secondary N) is 2.